The van der Waals surface area contributed by atoms with Gasteiger partial charge in [0, 0.05) is 13.1 Å². The van der Waals surface area contributed by atoms with Crippen molar-refractivity contribution in [3.05, 3.63) is 42.2 Å². The molecule has 1 fully saturated rings. The molecule has 0 saturated carbocycles. The lowest BCUT2D eigenvalue weighted by Crippen LogP contribution is -2.48. The van der Waals surface area contributed by atoms with E-state index in [9.17, 15) is 0 Å². The second-order valence-electron chi connectivity index (χ2n) is 6.05. The zero-order chi connectivity index (χ0) is 15.9. The number of para-hydroxylation sites is 1. The fourth-order valence-corrected chi connectivity index (χ4v) is 3.48. The first-order valence-corrected chi connectivity index (χ1v) is 7.99. The standard InChI is InChI=1S/C15H16N8O/c1-2-4-11(5-3-1)23-15(17-18-20-23)21-7-6-14-13(9-21)22-12(10-24-14)8-16-19-22/h1-5,8,13-14H,6-7,9-10H2/t13-,14-/m0/s1. The van der Waals surface area contributed by atoms with Gasteiger partial charge in [-0.15, -0.1) is 5.10 Å². The second-order valence-corrected chi connectivity index (χ2v) is 6.05. The van der Waals surface area contributed by atoms with E-state index in [1.54, 1.807) is 10.9 Å². The van der Waals surface area contributed by atoms with Crippen LogP contribution in [0, 0.1) is 0 Å². The summed E-state index contributed by atoms with van der Waals surface area (Å²) in [6.45, 7) is 2.17. The smallest absolute Gasteiger partial charge is 0.250 e. The number of benzene rings is 1. The van der Waals surface area contributed by atoms with E-state index in [2.05, 4.69) is 30.7 Å². The van der Waals surface area contributed by atoms with Gasteiger partial charge in [0.15, 0.2) is 0 Å². The number of ether oxygens (including phenoxy) is 1. The first kappa shape index (κ1) is 13.6. The van der Waals surface area contributed by atoms with Crippen LogP contribution in [0.25, 0.3) is 5.69 Å². The molecule has 2 aliphatic heterocycles. The highest BCUT2D eigenvalue weighted by atomic mass is 16.5. The van der Waals surface area contributed by atoms with Crippen molar-refractivity contribution in [3.63, 3.8) is 0 Å². The van der Waals surface area contributed by atoms with Gasteiger partial charge in [-0.05, 0) is 29.0 Å². The molecule has 1 aromatic carbocycles. The van der Waals surface area contributed by atoms with Crippen molar-refractivity contribution in [1.29, 1.82) is 0 Å². The summed E-state index contributed by atoms with van der Waals surface area (Å²) in [5.41, 5.74) is 1.96. The molecule has 24 heavy (non-hydrogen) atoms. The third-order valence-electron chi connectivity index (χ3n) is 4.67. The van der Waals surface area contributed by atoms with Crippen molar-refractivity contribution in [3.8, 4) is 5.69 Å². The molecule has 3 aromatic rings. The summed E-state index contributed by atoms with van der Waals surface area (Å²) in [6, 6.07) is 10.0. The van der Waals surface area contributed by atoms with Crippen molar-refractivity contribution in [2.45, 2.75) is 25.2 Å². The van der Waals surface area contributed by atoms with Crippen LogP contribution in [0.3, 0.4) is 0 Å². The van der Waals surface area contributed by atoms with Gasteiger partial charge in [0.25, 0.3) is 0 Å². The van der Waals surface area contributed by atoms with Gasteiger partial charge in [-0.2, -0.15) is 4.68 Å². The fourth-order valence-electron chi connectivity index (χ4n) is 3.48. The van der Waals surface area contributed by atoms with Crippen LogP contribution in [-0.2, 0) is 11.3 Å². The van der Waals surface area contributed by atoms with Crippen LogP contribution in [0.15, 0.2) is 36.5 Å². The zero-order valence-electron chi connectivity index (χ0n) is 12.9. The maximum Gasteiger partial charge on any atom is 0.250 e. The fraction of sp³-hybridized carbons (Fsp3) is 0.400. The van der Waals surface area contributed by atoms with Crippen molar-refractivity contribution in [1.82, 2.24) is 35.2 Å². The summed E-state index contributed by atoms with van der Waals surface area (Å²) >= 11 is 0. The molecule has 0 unspecified atom stereocenters. The Morgan fingerprint density at radius 3 is 2.96 bits per heavy atom. The zero-order valence-corrected chi connectivity index (χ0v) is 12.9. The van der Waals surface area contributed by atoms with E-state index < -0.39 is 0 Å². The number of rotatable bonds is 2. The van der Waals surface area contributed by atoms with Crippen molar-refractivity contribution >= 4 is 5.95 Å². The Kier molecular flexibility index (Phi) is 3.05. The summed E-state index contributed by atoms with van der Waals surface area (Å²) in [6.07, 6.45) is 2.84. The van der Waals surface area contributed by atoms with E-state index in [1.165, 1.54) is 0 Å². The molecule has 2 aromatic heterocycles. The number of tetrazole rings is 1. The summed E-state index contributed by atoms with van der Waals surface area (Å²) in [4.78, 5) is 2.19. The first-order valence-electron chi connectivity index (χ1n) is 7.99. The average molecular weight is 324 g/mol. The van der Waals surface area contributed by atoms with Crippen LogP contribution in [0.1, 0.15) is 18.2 Å². The van der Waals surface area contributed by atoms with Crippen LogP contribution >= 0.6 is 0 Å². The number of aromatic nitrogens is 7. The van der Waals surface area contributed by atoms with Gasteiger partial charge in [0.2, 0.25) is 5.95 Å². The molecule has 1 saturated heterocycles. The van der Waals surface area contributed by atoms with Gasteiger partial charge in [-0.3, -0.25) is 0 Å². The molecule has 0 amide bonds. The van der Waals surface area contributed by atoms with Gasteiger partial charge >= 0.3 is 0 Å². The molecule has 5 rings (SSSR count). The van der Waals surface area contributed by atoms with Crippen LogP contribution in [-0.4, -0.2) is 54.4 Å². The van der Waals surface area contributed by atoms with Crippen LogP contribution < -0.4 is 4.90 Å². The van der Waals surface area contributed by atoms with Gasteiger partial charge in [-0.25, -0.2) is 4.68 Å². The van der Waals surface area contributed by atoms with E-state index in [4.69, 9.17) is 4.74 Å². The van der Waals surface area contributed by atoms with Gasteiger partial charge < -0.3 is 9.64 Å². The molecule has 2 aliphatic rings. The van der Waals surface area contributed by atoms with Crippen molar-refractivity contribution in [2.75, 3.05) is 18.0 Å². The Hall–Kier alpha value is -2.81. The Bertz CT molecular complexity index is 844. The minimum Gasteiger partial charge on any atom is -0.370 e. The molecule has 0 N–H and O–H groups in total. The quantitative estimate of drug-likeness (QED) is 0.682. The number of fused-ring (bicyclic) bond motifs is 3. The van der Waals surface area contributed by atoms with E-state index in [0.717, 1.165) is 36.8 Å². The highest BCUT2D eigenvalue weighted by Gasteiger charge is 2.37. The Balaban J connectivity index is 1.47. The first-order chi connectivity index (χ1) is 11.9. The molecule has 4 heterocycles. The number of piperidine rings is 1. The minimum atomic E-state index is 0.130. The minimum absolute atomic E-state index is 0.130. The van der Waals surface area contributed by atoms with E-state index >= 15 is 0 Å². The van der Waals surface area contributed by atoms with Gasteiger partial charge in [0.05, 0.1) is 36.3 Å². The number of hydrogen-bond donors (Lipinski definition) is 0. The molecule has 122 valence electrons. The van der Waals surface area contributed by atoms with Crippen molar-refractivity contribution in [2.24, 2.45) is 0 Å². The highest BCUT2D eigenvalue weighted by Crippen LogP contribution is 2.31. The van der Waals surface area contributed by atoms with E-state index in [0.29, 0.717) is 6.61 Å². The number of nitrogens with zero attached hydrogens (tertiary/aromatic N) is 8. The molecule has 9 heteroatoms. The molecule has 9 nitrogen and oxygen atoms in total. The lowest BCUT2D eigenvalue weighted by Gasteiger charge is -2.40. The van der Waals surface area contributed by atoms with Gasteiger partial charge in [-0.1, -0.05) is 28.5 Å². The van der Waals surface area contributed by atoms with Crippen molar-refractivity contribution < 1.29 is 4.74 Å². The van der Waals surface area contributed by atoms with E-state index in [-0.39, 0.29) is 12.1 Å². The predicted molar refractivity (Wildman–Crippen MR) is 83.6 cm³/mol. The molecular formula is C15H16N8O. The SMILES string of the molecule is c1ccc(-n2nnnc2N2CC[C@@H]3OCc4cnnn4[C@H]3C2)cc1. The topological polar surface area (TPSA) is 86.8 Å². The normalized spacial score (nSPS) is 22.9. The molecule has 0 aliphatic carbocycles. The molecule has 0 spiro atoms. The largest absolute Gasteiger partial charge is 0.370 e. The summed E-state index contributed by atoms with van der Waals surface area (Å²) in [5, 5.41) is 20.5. The third kappa shape index (κ3) is 2.08. The molecule has 2 atom stereocenters. The third-order valence-corrected chi connectivity index (χ3v) is 4.67. The lowest BCUT2D eigenvalue weighted by atomic mass is 10.0. The predicted octanol–water partition coefficient (Wildman–Crippen LogP) is 0.604. The Morgan fingerprint density at radius 2 is 2.04 bits per heavy atom. The molecule has 0 radical (unpaired) electrons. The van der Waals surface area contributed by atoms with Crippen LogP contribution in [0.2, 0.25) is 0 Å². The summed E-state index contributed by atoms with van der Waals surface area (Å²) < 4.78 is 9.71. The number of anilines is 1. The number of hydrogen-bond acceptors (Lipinski definition) is 7. The maximum atomic E-state index is 5.96. The van der Waals surface area contributed by atoms with Crippen LogP contribution in [0.5, 0.6) is 0 Å². The second kappa shape index (κ2) is 5.38. The lowest BCUT2D eigenvalue weighted by molar-refractivity contribution is -0.0374. The average Bonchev–Trinajstić information content (AvgIpc) is 3.31. The Morgan fingerprint density at radius 1 is 1.12 bits per heavy atom. The van der Waals surface area contributed by atoms with E-state index in [1.807, 2.05) is 35.0 Å². The molecular weight excluding hydrogens is 308 g/mol. The Labute approximate surface area is 137 Å². The monoisotopic (exact) mass is 324 g/mol. The van der Waals surface area contributed by atoms with Crippen LogP contribution in [0.4, 0.5) is 5.95 Å². The van der Waals surface area contributed by atoms with Gasteiger partial charge in [0.1, 0.15) is 0 Å². The maximum absolute atomic E-state index is 5.96. The summed E-state index contributed by atoms with van der Waals surface area (Å²) in [7, 11) is 0. The summed E-state index contributed by atoms with van der Waals surface area (Å²) in [5.74, 6) is 0.742. The molecule has 0 bridgehead atoms. The highest BCUT2D eigenvalue weighted by molar-refractivity contribution is 5.41.